The van der Waals surface area contributed by atoms with E-state index in [-0.39, 0.29) is 11.7 Å². The Morgan fingerprint density at radius 3 is 2.95 bits per heavy atom. The first-order valence-corrected chi connectivity index (χ1v) is 7.75. The molecule has 0 spiro atoms. The van der Waals surface area contributed by atoms with Crippen LogP contribution in [0, 0.1) is 6.92 Å². The predicted molar refractivity (Wildman–Crippen MR) is 79.9 cm³/mol. The van der Waals surface area contributed by atoms with Crippen molar-refractivity contribution in [1.82, 2.24) is 4.98 Å². The standard InChI is InChI=1S/C15H14F2N2O2S/c1-9-18-11(8-22-9)14(20)19-7-3-5-10-4-2-6-12(13(10)19)21-15(16)17/h2,4,6,8,15H,3,5,7H2,1H3. The van der Waals surface area contributed by atoms with Gasteiger partial charge in [0.05, 0.1) is 10.7 Å². The molecule has 22 heavy (non-hydrogen) atoms. The van der Waals surface area contributed by atoms with Gasteiger partial charge in [0.25, 0.3) is 5.91 Å². The molecule has 0 aliphatic carbocycles. The first-order valence-electron chi connectivity index (χ1n) is 6.87. The molecule has 2 heterocycles. The minimum absolute atomic E-state index is 0.0347. The van der Waals surface area contributed by atoms with E-state index < -0.39 is 6.61 Å². The third-order valence-electron chi connectivity index (χ3n) is 3.48. The lowest BCUT2D eigenvalue weighted by Crippen LogP contribution is -2.36. The number of ether oxygens (including phenoxy) is 1. The summed E-state index contributed by atoms with van der Waals surface area (Å²) in [5.74, 6) is -0.247. The number of rotatable bonds is 3. The SMILES string of the molecule is Cc1nc(C(=O)N2CCCc3cccc(OC(F)F)c32)cs1. The van der Waals surface area contributed by atoms with Crippen LogP contribution in [-0.2, 0) is 6.42 Å². The number of hydrogen-bond acceptors (Lipinski definition) is 4. The number of amides is 1. The number of carbonyl (C=O) groups is 1. The second-order valence-corrected chi connectivity index (χ2v) is 6.02. The lowest BCUT2D eigenvalue weighted by atomic mass is 10.0. The Hall–Kier alpha value is -2.02. The molecule has 1 aromatic heterocycles. The summed E-state index contributed by atoms with van der Waals surface area (Å²) in [6, 6.07) is 4.96. The summed E-state index contributed by atoms with van der Waals surface area (Å²) >= 11 is 1.38. The smallest absolute Gasteiger partial charge is 0.387 e. The highest BCUT2D eigenvalue weighted by Gasteiger charge is 2.28. The van der Waals surface area contributed by atoms with E-state index in [1.807, 2.05) is 13.0 Å². The van der Waals surface area contributed by atoms with E-state index in [9.17, 15) is 13.6 Å². The summed E-state index contributed by atoms with van der Waals surface area (Å²) in [6.07, 6.45) is 1.51. The summed E-state index contributed by atoms with van der Waals surface area (Å²) in [4.78, 5) is 18.3. The molecular formula is C15H14F2N2O2S. The number of aromatic nitrogens is 1. The van der Waals surface area contributed by atoms with Crippen molar-refractivity contribution in [1.29, 1.82) is 0 Å². The van der Waals surface area contributed by atoms with Crippen LogP contribution in [0.1, 0.15) is 27.5 Å². The molecule has 1 amide bonds. The van der Waals surface area contributed by atoms with Gasteiger partial charge in [-0.15, -0.1) is 11.3 Å². The van der Waals surface area contributed by atoms with Gasteiger partial charge in [0.2, 0.25) is 0 Å². The van der Waals surface area contributed by atoms with E-state index >= 15 is 0 Å². The Morgan fingerprint density at radius 2 is 2.27 bits per heavy atom. The van der Waals surface area contributed by atoms with E-state index in [2.05, 4.69) is 9.72 Å². The maximum Gasteiger partial charge on any atom is 0.387 e. The highest BCUT2D eigenvalue weighted by Crippen LogP contribution is 2.37. The third-order valence-corrected chi connectivity index (χ3v) is 4.25. The van der Waals surface area contributed by atoms with Gasteiger partial charge in [-0.2, -0.15) is 8.78 Å². The fourth-order valence-corrected chi connectivity index (χ4v) is 3.20. The van der Waals surface area contributed by atoms with Crippen LogP contribution in [-0.4, -0.2) is 24.0 Å². The molecule has 116 valence electrons. The Kier molecular flexibility index (Phi) is 4.06. The van der Waals surface area contributed by atoms with Crippen LogP contribution in [0.4, 0.5) is 14.5 Å². The van der Waals surface area contributed by atoms with E-state index in [4.69, 9.17) is 0 Å². The topological polar surface area (TPSA) is 42.4 Å². The first-order chi connectivity index (χ1) is 10.6. The van der Waals surface area contributed by atoms with Crippen LogP contribution in [0.15, 0.2) is 23.6 Å². The van der Waals surface area contributed by atoms with E-state index in [0.29, 0.717) is 17.9 Å². The number of fused-ring (bicyclic) bond motifs is 1. The lowest BCUT2D eigenvalue weighted by molar-refractivity contribution is -0.0495. The van der Waals surface area contributed by atoms with Crippen LogP contribution in [0.5, 0.6) is 5.75 Å². The zero-order valence-corrected chi connectivity index (χ0v) is 12.7. The number of aryl methyl sites for hydroxylation is 2. The molecule has 4 nitrogen and oxygen atoms in total. The van der Waals surface area contributed by atoms with Gasteiger partial charge in [0.1, 0.15) is 11.4 Å². The number of carbonyl (C=O) groups excluding carboxylic acids is 1. The minimum atomic E-state index is -2.92. The van der Waals surface area contributed by atoms with Crippen molar-refractivity contribution in [3.63, 3.8) is 0 Å². The number of benzene rings is 1. The largest absolute Gasteiger partial charge is 0.433 e. The molecule has 2 aromatic rings. The number of anilines is 1. The highest BCUT2D eigenvalue weighted by molar-refractivity contribution is 7.09. The molecule has 1 aliphatic rings. The Morgan fingerprint density at radius 1 is 1.45 bits per heavy atom. The van der Waals surface area contributed by atoms with Crippen LogP contribution in [0.25, 0.3) is 0 Å². The lowest BCUT2D eigenvalue weighted by Gasteiger charge is -2.30. The quantitative estimate of drug-likeness (QED) is 0.865. The van der Waals surface area contributed by atoms with Gasteiger partial charge in [-0.25, -0.2) is 4.98 Å². The van der Waals surface area contributed by atoms with Gasteiger partial charge in [-0.1, -0.05) is 12.1 Å². The second kappa shape index (κ2) is 6.00. The highest BCUT2D eigenvalue weighted by atomic mass is 32.1. The van der Waals surface area contributed by atoms with Gasteiger partial charge in [-0.05, 0) is 31.4 Å². The fourth-order valence-electron chi connectivity index (χ4n) is 2.61. The van der Waals surface area contributed by atoms with Crippen molar-refractivity contribution in [3.05, 3.63) is 39.8 Å². The molecule has 1 aromatic carbocycles. The predicted octanol–water partition coefficient (Wildman–Crippen LogP) is 3.65. The Labute approximate surface area is 130 Å². The summed E-state index contributed by atoms with van der Waals surface area (Å²) in [5.41, 5.74) is 1.61. The summed E-state index contributed by atoms with van der Waals surface area (Å²) in [7, 11) is 0. The summed E-state index contributed by atoms with van der Waals surface area (Å²) in [5, 5.41) is 2.47. The van der Waals surface area contributed by atoms with E-state index in [0.717, 1.165) is 23.4 Å². The molecule has 0 unspecified atom stereocenters. The molecule has 0 fully saturated rings. The number of halogens is 2. The molecule has 0 saturated heterocycles. The Bertz CT molecular complexity index is 703. The van der Waals surface area contributed by atoms with Crippen LogP contribution in [0.2, 0.25) is 0 Å². The normalized spacial score (nSPS) is 14.1. The molecule has 7 heteroatoms. The van der Waals surface area contributed by atoms with Crippen LogP contribution < -0.4 is 9.64 Å². The number of thiazole rings is 1. The van der Waals surface area contributed by atoms with E-state index in [1.165, 1.54) is 22.3 Å². The monoisotopic (exact) mass is 324 g/mol. The maximum atomic E-state index is 12.6. The van der Waals surface area contributed by atoms with Crippen molar-refractivity contribution in [3.8, 4) is 5.75 Å². The maximum absolute atomic E-state index is 12.6. The average Bonchev–Trinajstić information content (AvgIpc) is 2.92. The molecule has 0 atom stereocenters. The van der Waals surface area contributed by atoms with Gasteiger partial charge in [0.15, 0.2) is 0 Å². The molecule has 1 aliphatic heterocycles. The molecule has 0 bridgehead atoms. The second-order valence-electron chi connectivity index (χ2n) is 4.95. The van der Waals surface area contributed by atoms with Crippen LogP contribution in [0.3, 0.4) is 0 Å². The van der Waals surface area contributed by atoms with Crippen molar-refractivity contribution >= 4 is 22.9 Å². The van der Waals surface area contributed by atoms with Gasteiger partial charge in [-0.3, -0.25) is 4.79 Å². The van der Waals surface area contributed by atoms with Crippen molar-refractivity contribution in [2.24, 2.45) is 0 Å². The fraction of sp³-hybridized carbons (Fsp3) is 0.333. The van der Waals surface area contributed by atoms with Gasteiger partial charge >= 0.3 is 6.61 Å². The molecule has 0 N–H and O–H groups in total. The molecular weight excluding hydrogens is 310 g/mol. The molecule has 0 saturated carbocycles. The molecule has 3 rings (SSSR count). The number of alkyl halides is 2. The van der Waals surface area contributed by atoms with Gasteiger partial charge in [0, 0.05) is 11.9 Å². The average molecular weight is 324 g/mol. The molecule has 0 radical (unpaired) electrons. The summed E-state index contributed by atoms with van der Waals surface area (Å²) < 4.78 is 29.8. The Balaban J connectivity index is 2.01. The van der Waals surface area contributed by atoms with E-state index in [1.54, 1.807) is 11.4 Å². The van der Waals surface area contributed by atoms with Crippen molar-refractivity contribution in [2.75, 3.05) is 11.4 Å². The number of nitrogens with zero attached hydrogens (tertiary/aromatic N) is 2. The van der Waals surface area contributed by atoms with Crippen molar-refractivity contribution in [2.45, 2.75) is 26.4 Å². The van der Waals surface area contributed by atoms with Crippen LogP contribution >= 0.6 is 11.3 Å². The zero-order valence-electron chi connectivity index (χ0n) is 11.9. The first kappa shape index (κ1) is 14.9. The number of para-hydroxylation sites is 1. The zero-order chi connectivity index (χ0) is 15.7. The minimum Gasteiger partial charge on any atom is -0.433 e. The number of hydrogen-bond donors (Lipinski definition) is 0. The summed E-state index contributed by atoms with van der Waals surface area (Å²) in [6.45, 7) is -0.643. The third kappa shape index (κ3) is 2.81. The van der Waals surface area contributed by atoms with Crippen molar-refractivity contribution < 1.29 is 18.3 Å². The van der Waals surface area contributed by atoms with Gasteiger partial charge < -0.3 is 9.64 Å².